The first-order valence-electron chi connectivity index (χ1n) is 12.7. The van der Waals surface area contributed by atoms with E-state index in [-0.39, 0.29) is 11.6 Å². The molecule has 0 spiro atoms. The number of anilines is 3. The van der Waals surface area contributed by atoms with Crippen LogP contribution in [0.25, 0.3) is 11.4 Å². The molecule has 38 heavy (non-hydrogen) atoms. The molecule has 4 heterocycles. The Hall–Kier alpha value is -3.54. The summed E-state index contributed by atoms with van der Waals surface area (Å²) in [5.41, 5.74) is 0.436. The quantitative estimate of drug-likeness (QED) is 0.461. The van der Waals surface area contributed by atoms with Gasteiger partial charge in [0, 0.05) is 64.1 Å². The molecular weight excluding hydrogens is 500 g/mol. The lowest BCUT2D eigenvalue weighted by atomic mass is 10.1. The first-order valence-corrected chi connectivity index (χ1v) is 12.7. The highest BCUT2D eigenvalue weighted by Gasteiger charge is 2.36. The number of aromatic nitrogens is 4. The summed E-state index contributed by atoms with van der Waals surface area (Å²) in [5, 5.41) is 0. The SMILES string of the molecule is CCN1CCN(c2nc(-c3ccc(F)c(C)c3)nc(N3CCN(c4ncccc4C(F)(F)F)CC3)n2)CC1. The molecule has 0 bridgehead atoms. The van der Waals surface area contributed by atoms with Gasteiger partial charge in [-0.25, -0.2) is 9.37 Å². The van der Waals surface area contributed by atoms with Crippen molar-refractivity contribution < 1.29 is 17.6 Å². The molecule has 202 valence electrons. The average molecular weight is 531 g/mol. The lowest BCUT2D eigenvalue weighted by molar-refractivity contribution is -0.137. The van der Waals surface area contributed by atoms with E-state index in [4.69, 9.17) is 15.0 Å². The molecule has 12 heteroatoms. The van der Waals surface area contributed by atoms with E-state index in [0.717, 1.165) is 38.8 Å². The third-order valence-corrected chi connectivity index (χ3v) is 7.08. The topological polar surface area (TPSA) is 64.5 Å². The van der Waals surface area contributed by atoms with E-state index < -0.39 is 11.7 Å². The molecule has 0 amide bonds. The first-order chi connectivity index (χ1) is 18.2. The molecular formula is C26H30F4N8. The molecule has 1 aromatic carbocycles. The number of halogens is 4. The third-order valence-electron chi connectivity index (χ3n) is 7.08. The fourth-order valence-corrected chi connectivity index (χ4v) is 4.80. The lowest BCUT2D eigenvalue weighted by Crippen LogP contribution is -2.49. The Kier molecular flexibility index (Phi) is 7.33. The second-order valence-electron chi connectivity index (χ2n) is 9.49. The minimum atomic E-state index is -4.48. The first kappa shape index (κ1) is 26.1. The van der Waals surface area contributed by atoms with Gasteiger partial charge in [0.1, 0.15) is 11.6 Å². The molecule has 0 saturated carbocycles. The number of likely N-dealkylation sites (N-methyl/N-ethyl adjacent to an activating group) is 1. The number of benzene rings is 1. The predicted octanol–water partition coefficient (Wildman–Crippen LogP) is 3.87. The van der Waals surface area contributed by atoms with Crippen LogP contribution in [0, 0.1) is 12.7 Å². The average Bonchev–Trinajstić information content (AvgIpc) is 2.94. The predicted molar refractivity (Wildman–Crippen MR) is 138 cm³/mol. The van der Waals surface area contributed by atoms with Crippen molar-refractivity contribution in [1.29, 1.82) is 0 Å². The van der Waals surface area contributed by atoms with Crippen molar-refractivity contribution in [3.05, 3.63) is 53.5 Å². The molecule has 2 fully saturated rings. The van der Waals surface area contributed by atoms with E-state index >= 15 is 0 Å². The van der Waals surface area contributed by atoms with Gasteiger partial charge in [-0.1, -0.05) is 6.92 Å². The molecule has 0 N–H and O–H groups in total. The van der Waals surface area contributed by atoms with Crippen LogP contribution in [0.2, 0.25) is 0 Å². The summed E-state index contributed by atoms with van der Waals surface area (Å²) in [7, 11) is 0. The van der Waals surface area contributed by atoms with Gasteiger partial charge in [0.15, 0.2) is 5.82 Å². The Bertz CT molecular complexity index is 1270. The number of piperazine rings is 2. The van der Waals surface area contributed by atoms with Gasteiger partial charge in [-0.3, -0.25) is 0 Å². The van der Waals surface area contributed by atoms with Crippen LogP contribution < -0.4 is 14.7 Å². The summed E-state index contributed by atoms with van der Waals surface area (Å²) >= 11 is 0. The number of hydrogen-bond donors (Lipinski definition) is 0. The van der Waals surface area contributed by atoms with Crippen molar-refractivity contribution in [3.63, 3.8) is 0 Å². The Labute approximate surface area is 218 Å². The maximum Gasteiger partial charge on any atom is 0.419 e. The van der Waals surface area contributed by atoms with E-state index in [9.17, 15) is 17.6 Å². The highest BCUT2D eigenvalue weighted by Crippen LogP contribution is 2.35. The van der Waals surface area contributed by atoms with Crippen molar-refractivity contribution in [1.82, 2.24) is 24.8 Å². The summed E-state index contributed by atoms with van der Waals surface area (Å²) < 4.78 is 54.6. The van der Waals surface area contributed by atoms with Crippen LogP contribution in [0.3, 0.4) is 0 Å². The largest absolute Gasteiger partial charge is 0.419 e. The zero-order valence-corrected chi connectivity index (χ0v) is 21.4. The van der Waals surface area contributed by atoms with Crippen LogP contribution >= 0.6 is 0 Å². The van der Waals surface area contributed by atoms with Gasteiger partial charge in [0.2, 0.25) is 11.9 Å². The molecule has 8 nitrogen and oxygen atoms in total. The fraction of sp³-hybridized carbons (Fsp3) is 0.462. The van der Waals surface area contributed by atoms with Gasteiger partial charge < -0.3 is 19.6 Å². The van der Waals surface area contributed by atoms with Gasteiger partial charge in [0.05, 0.1) is 5.56 Å². The summed E-state index contributed by atoms with van der Waals surface area (Å²) in [6.45, 7) is 9.65. The smallest absolute Gasteiger partial charge is 0.353 e. The van der Waals surface area contributed by atoms with E-state index in [1.165, 1.54) is 18.3 Å². The zero-order chi connectivity index (χ0) is 26.9. The van der Waals surface area contributed by atoms with E-state index in [0.29, 0.717) is 55.0 Å². The van der Waals surface area contributed by atoms with E-state index in [1.54, 1.807) is 24.0 Å². The van der Waals surface area contributed by atoms with Gasteiger partial charge in [-0.05, 0) is 49.4 Å². The van der Waals surface area contributed by atoms with Crippen molar-refractivity contribution in [2.24, 2.45) is 0 Å². The number of rotatable bonds is 5. The molecule has 5 rings (SSSR count). The van der Waals surface area contributed by atoms with Crippen LogP contribution in [0.1, 0.15) is 18.1 Å². The molecule has 0 aliphatic carbocycles. The van der Waals surface area contributed by atoms with Crippen molar-refractivity contribution in [2.75, 3.05) is 73.6 Å². The van der Waals surface area contributed by atoms with Gasteiger partial charge >= 0.3 is 6.18 Å². The number of nitrogens with zero attached hydrogens (tertiary/aromatic N) is 8. The molecule has 2 aliphatic rings. The summed E-state index contributed by atoms with van der Waals surface area (Å²) in [6.07, 6.45) is -3.10. The summed E-state index contributed by atoms with van der Waals surface area (Å²) in [5.74, 6) is 1.09. The van der Waals surface area contributed by atoms with Crippen molar-refractivity contribution in [3.8, 4) is 11.4 Å². The molecule has 2 saturated heterocycles. The van der Waals surface area contributed by atoms with Crippen molar-refractivity contribution >= 4 is 17.7 Å². The Morgan fingerprint density at radius 2 is 1.42 bits per heavy atom. The number of pyridine rings is 1. The highest BCUT2D eigenvalue weighted by molar-refractivity contribution is 5.60. The fourth-order valence-electron chi connectivity index (χ4n) is 4.80. The minimum Gasteiger partial charge on any atom is -0.353 e. The normalized spacial score (nSPS) is 17.3. The molecule has 2 aliphatic heterocycles. The molecule has 0 unspecified atom stereocenters. The maximum atomic E-state index is 13.9. The van der Waals surface area contributed by atoms with Gasteiger partial charge in [-0.15, -0.1) is 0 Å². The standard InChI is InChI=1S/C26H30F4N8/c1-3-35-9-11-37(12-10-35)24-32-22(19-6-7-21(27)18(2)17-19)33-25(34-24)38-15-13-36(14-16-38)23-20(26(28,29)30)5-4-8-31-23/h4-8,17H,3,9-16H2,1-2H3. The monoisotopic (exact) mass is 530 g/mol. The van der Waals surface area contributed by atoms with Gasteiger partial charge in [0.25, 0.3) is 0 Å². The number of hydrogen-bond acceptors (Lipinski definition) is 8. The Morgan fingerprint density at radius 3 is 2.00 bits per heavy atom. The van der Waals surface area contributed by atoms with Crippen molar-refractivity contribution in [2.45, 2.75) is 20.0 Å². The molecule has 0 radical (unpaired) electrons. The van der Waals surface area contributed by atoms with E-state index in [1.807, 2.05) is 4.90 Å². The van der Waals surface area contributed by atoms with Crippen LogP contribution in [0.5, 0.6) is 0 Å². The summed E-state index contributed by atoms with van der Waals surface area (Å²) in [4.78, 5) is 26.3. The van der Waals surface area contributed by atoms with Crippen LogP contribution in [-0.2, 0) is 6.18 Å². The zero-order valence-electron chi connectivity index (χ0n) is 21.4. The maximum absolute atomic E-state index is 13.9. The van der Waals surface area contributed by atoms with Crippen LogP contribution in [0.15, 0.2) is 36.5 Å². The van der Waals surface area contributed by atoms with Crippen LogP contribution in [0.4, 0.5) is 35.3 Å². The number of aryl methyl sites for hydroxylation is 1. The van der Waals surface area contributed by atoms with Gasteiger partial charge in [-0.2, -0.15) is 28.1 Å². The Morgan fingerprint density at radius 1 is 0.816 bits per heavy atom. The molecule has 3 aromatic rings. The van der Waals surface area contributed by atoms with Crippen LogP contribution in [-0.4, -0.2) is 83.7 Å². The summed E-state index contributed by atoms with van der Waals surface area (Å²) in [6, 6.07) is 7.12. The lowest BCUT2D eigenvalue weighted by Gasteiger charge is -2.37. The second-order valence-corrected chi connectivity index (χ2v) is 9.49. The molecule has 2 aromatic heterocycles. The Balaban J connectivity index is 1.42. The third kappa shape index (κ3) is 5.50. The van der Waals surface area contributed by atoms with E-state index in [2.05, 4.69) is 21.7 Å². The second kappa shape index (κ2) is 10.7. The number of alkyl halides is 3. The minimum absolute atomic E-state index is 0.0627. The molecule has 0 atom stereocenters. The highest BCUT2D eigenvalue weighted by atomic mass is 19.4.